The van der Waals surface area contributed by atoms with Crippen molar-refractivity contribution in [2.45, 2.75) is 31.5 Å². The molecule has 3 heterocycles. The van der Waals surface area contributed by atoms with E-state index in [1.54, 1.807) is 12.4 Å². The average molecular weight is 275 g/mol. The lowest BCUT2D eigenvalue weighted by atomic mass is 10.2. The van der Waals surface area contributed by atoms with E-state index in [0.29, 0.717) is 31.0 Å². The first-order chi connectivity index (χ1) is 9.72. The van der Waals surface area contributed by atoms with Crippen LogP contribution in [0.1, 0.15) is 36.2 Å². The van der Waals surface area contributed by atoms with Crippen molar-refractivity contribution in [3.63, 3.8) is 0 Å². The van der Waals surface area contributed by atoms with Gasteiger partial charge in [0.2, 0.25) is 0 Å². The van der Waals surface area contributed by atoms with Crippen LogP contribution in [0.3, 0.4) is 0 Å². The molecule has 104 valence electrons. The zero-order valence-corrected chi connectivity index (χ0v) is 10.6. The molecular formula is C13H13N3O4. The van der Waals surface area contributed by atoms with Crippen molar-refractivity contribution in [2.24, 2.45) is 0 Å². The molecule has 2 unspecified atom stereocenters. The second-order valence-corrected chi connectivity index (χ2v) is 4.62. The van der Waals surface area contributed by atoms with E-state index in [4.69, 9.17) is 14.4 Å². The minimum Gasteiger partial charge on any atom is -0.479 e. The maximum absolute atomic E-state index is 10.8. The summed E-state index contributed by atoms with van der Waals surface area (Å²) in [6.45, 7) is 0. The Bertz CT molecular complexity index is 599. The molecule has 0 spiro atoms. The quantitative estimate of drug-likeness (QED) is 0.899. The van der Waals surface area contributed by atoms with E-state index in [2.05, 4.69) is 15.1 Å². The Balaban J connectivity index is 1.67. The van der Waals surface area contributed by atoms with E-state index in [0.717, 1.165) is 5.56 Å². The lowest BCUT2D eigenvalue weighted by Crippen LogP contribution is -2.18. The third-order valence-corrected chi connectivity index (χ3v) is 3.14. The van der Waals surface area contributed by atoms with Gasteiger partial charge in [0.15, 0.2) is 11.9 Å². The molecule has 3 rings (SSSR count). The van der Waals surface area contributed by atoms with Crippen molar-refractivity contribution in [2.75, 3.05) is 0 Å². The van der Waals surface area contributed by atoms with Gasteiger partial charge in [0, 0.05) is 18.8 Å². The zero-order valence-electron chi connectivity index (χ0n) is 10.6. The van der Waals surface area contributed by atoms with Gasteiger partial charge in [-0.1, -0.05) is 11.2 Å². The number of aliphatic carboxylic acids is 1. The van der Waals surface area contributed by atoms with Gasteiger partial charge in [-0.05, 0) is 24.5 Å². The highest BCUT2D eigenvalue weighted by molar-refractivity contribution is 5.72. The summed E-state index contributed by atoms with van der Waals surface area (Å²) in [5.74, 6) is -0.0781. The number of carbonyl (C=O) groups is 1. The first kappa shape index (κ1) is 12.7. The van der Waals surface area contributed by atoms with Crippen molar-refractivity contribution < 1.29 is 19.2 Å². The molecule has 0 bridgehead atoms. The predicted molar refractivity (Wildman–Crippen MR) is 65.8 cm³/mol. The van der Waals surface area contributed by atoms with Crippen LogP contribution in [-0.2, 0) is 16.0 Å². The molecule has 7 nitrogen and oxygen atoms in total. The summed E-state index contributed by atoms with van der Waals surface area (Å²) >= 11 is 0. The SMILES string of the molecule is O=C(O)C1CCC(c2nc(Cc3cccnc3)no2)O1. The van der Waals surface area contributed by atoms with Gasteiger partial charge in [0.05, 0.1) is 0 Å². The van der Waals surface area contributed by atoms with Gasteiger partial charge < -0.3 is 14.4 Å². The molecule has 1 aliphatic rings. The number of carboxylic acid groups (broad SMARTS) is 1. The first-order valence-electron chi connectivity index (χ1n) is 6.32. The molecule has 1 N–H and O–H groups in total. The molecule has 20 heavy (non-hydrogen) atoms. The Kier molecular flexibility index (Phi) is 3.42. The van der Waals surface area contributed by atoms with Crippen LogP contribution >= 0.6 is 0 Å². The lowest BCUT2D eigenvalue weighted by molar-refractivity contribution is -0.150. The third kappa shape index (κ3) is 2.67. The first-order valence-corrected chi connectivity index (χ1v) is 6.32. The van der Waals surface area contributed by atoms with Crippen LogP contribution in [0.15, 0.2) is 29.0 Å². The minimum absolute atomic E-state index is 0.340. The minimum atomic E-state index is -0.956. The predicted octanol–water partition coefficient (Wildman–Crippen LogP) is 1.36. The summed E-state index contributed by atoms with van der Waals surface area (Å²) in [6, 6.07) is 3.77. The molecule has 2 aromatic rings. The van der Waals surface area contributed by atoms with Gasteiger partial charge in [0.25, 0.3) is 5.89 Å². The molecule has 0 saturated carbocycles. The fourth-order valence-corrected chi connectivity index (χ4v) is 2.16. The summed E-state index contributed by atoms with van der Waals surface area (Å²) in [5, 5.41) is 12.8. The Labute approximate surface area is 114 Å². The fourth-order valence-electron chi connectivity index (χ4n) is 2.16. The molecule has 2 aromatic heterocycles. The van der Waals surface area contributed by atoms with Gasteiger partial charge in [-0.15, -0.1) is 0 Å². The van der Waals surface area contributed by atoms with E-state index < -0.39 is 18.2 Å². The number of rotatable bonds is 4. The Morgan fingerprint density at radius 3 is 3.05 bits per heavy atom. The van der Waals surface area contributed by atoms with Gasteiger partial charge in [-0.25, -0.2) is 4.79 Å². The van der Waals surface area contributed by atoms with Crippen LogP contribution in [0.2, 0.25) is 0 Å². The standard InChI is InChI=1S/C13H13N3O4/c17-13(18)10-4-3-9(19-10)12-15-11(16-20-12)6-8-2-1-5-14-7-8/h1-2,5,7,9-10H,3-4,6H2,(H,17,18). The highest BCUT2D eigenvalue weighted by Crippen LogP contribution is 2.31. The second kappa shape index (κ2) is 5.38. The second-order valence-electron chi connectivity index (χ2n) is 4.62. The van der Waals surface area contributed by atoms with Crippen molar-refractivity contribution in [1.82, 2.24) is 15.1 Å². The molecule has 0 aromatic carbocycles. The number of carboxylic acids is 1. The third-order valence-electron chi connectivity index (χ3n) is 3.14. The van der Waals surface area contributed by atoms with E-state index >= 15 is 0 Å². The molecule has 0 aliphatic carbocycles. The van der Waals surface area contributed by atoms with Crippen molar-refractivity contribution in [1.29, 1.82) is 0 Å². The smallest absolute Gasteiger partial charge is 0.332 e. The van der Waals surface area contributed by atoms with E-state index in [-0.39, 0.29) is 0 Å². The van der Waals surface area contributed by atoms with Crippen LogP contribution in [0.25, 0.3) is 0 Å². The Hall–Kier alpha value is -2.28. The molecule has 1 aliphatic heterocycles. The van der Waals surface area contributed by atoms with Crippen LogP contribution in [0.5, 0.6) is 0 Å². The van der Waals surface area contributed by atoms with E-state index in [1.165, 1.54) is 0 Å². The highest BCUT2D eigenvalue weighted by atomic mass is 16.5. The normalized spacial score (nSPS) is 22.0. The maximum atomic E-state index is 10.8. The molecule has 7 heteroatoms. The van der Waals surface area contributed by atoms with Crippen molar-refractivity contribution in [3.8, 4) is 0 Å². The largest absolute Gasteiger partial charge is 0.479 e. The topological polar surface area (TPSA) is 98.3 Å². The molecular weight excluding hydrogens is 262 g/mol. The number of pyridine rings is 1. The van der Waals surface area contributed by atoms with E-state index in [9.17, 15) is 4.79 Å². The van der Waals surface area contributed by atoms with Gasteiger partial charge in [-0.2, -0.15) is 4.98 Å². The van der Waals surface area contributed by atoms with Gasteiger partial charge in [0.1, 0.15) is 6.10 Å². The zero-order chi connectivity index (χ0) is 13.9. The number of hydrogen-bond acceptors (Lipinski definition) is 6. The van der Waals surface area contributed by atoms with E-state index in [1.807, 2.05) is 12.1 Å². The number of aromatic nitrogens is 3. The summed E-state index contributed by atoms with van der Waals surface area (Å²) in [5.41, 5.74) is 0.982. The van der Waals surface area contributed by atoms with Crippen LogP contribution in [0, 0.1) is 0 Å². The van der Waals surface area contributed by atoms with Crippen molar-refractivity contribution >= 4 is 5.97 Å². The summed E-state index contributed by atoms with van der Waals surface area (Å²) in [4.78, 5) is 19.1. The highest BCUT2D eigenvalue weighted by Gasteiger charge is 2.34. The number of hydrogen-bond donors (Lipinski definition) is 1. The summed E-state index contributed by atoms with van der Waals surface area (Å²) < 4.78 is 10.5. The molecule has 0 amide bonds. The fraction of sp³-hybridized carbons (Fsp3) is 0.385. The summed E-state index contributed by atoms with van der Waals surface area (Å²) in [7, 11) is 0. The number of ether oxygens (including phenoxy) is 1. The Morgan fingerprint density at radius 1 is 1.45 bits per heavy atom. The van der Waals surface area contributed by atoms with Gasteiger partial charge >= 0.3 is 5.97 Å². The molecule has 0 radical (unpaired) electrons. The molecule has 2 atom stereocenters. The lowest BCUT2D eigenvalue weighted by Gasteiger charge is -2.05. The van der Waals surface area contributed by atoms with Crippen molar-refractivity contribution in [3.05, 3.63) is 41.8 Å². The molecule has 1 fully saturated rings. The average Bonchev–Trinajstić information content (AvgIpc) is 3.08. The van der Waals surface area contributed by atoms with Gasteiger partial charge in [-0.3, -0.25) is 4.98 Å². The molecule has 1 saturated heterocycles. The van der Waals surface area contributed by atoms with Crippen LogP contribution in [-0.4, -0.2) is 32.3 Å². The van der Waals surface area contributed by atoms with Crippen LogP contribution < -0.4 is 0 Å². The monoisotopic (exact) mass is 275 g/mol. The van der Waals surface area contributed by atoms with Crippen LogP contribution in [0.4, 0.5) is 0 Å². The number of nitrogens with zero attached hydrogens (tertiary/aromatic N) is 3. The summed E-state index contributed by atoms with van der Waals surface area (Å²) in [6.07, 6.45) is 3.78. The maximum Gasteiger partial charge on any atom is 0.332 e. The Morgan fingerprint density at radius 2 is 2.35 bits per heavy atom.